The van der Waals surface area contributed by atoms with Crippen molar-refractivity contribution in [2.75, 3.05) is 0 Å². The minimum atomic E-state index is -4.60. The molecule has 7 nitrogen and oxygen atoms in total. The number of carboxylic acids is 2. The molecule has 1 rings (SSSR count). The predicted octanol–water partition coefficient (Wildman–Crippen LogP) is 0.353. The molecule has 1 aliphatic rings. The summed E-state index contributed by atoms with van der Waals surface area (Å²) in [4.78, 5) is 21.7. The van der Waals surface area contributed by atoms with Gasteiger partial charge >= 0.3 is 11.9 Å². The molecule has 19 heavy (non-hydrogen) atoms. The Morgan fingerprint density at radius 2 is 1.68 bits per heavy atom. The maximum Gasteiger partial charge on any atom is 0.313 e. The molecule has 2 atom stereocenters. The van der Waals surface area contributed by atoms with E-state index in [-0.39, 0.29) is 36.0 Å². The molecule has 0 amide bonds. The van der Waals surface area contributed by atoms with E-state index in [0.29, 0.717) is 0 Å². The van der Waals surface area contributed by atoms with Crippen molar-refractivity contribution < 1.29 is 32.8 Å². The molecule has 0 aromatic rings. The smallest absolute Gasteiger partial charge is 0.313 e. The van der Waals surface area contributed by atoms with Gasteiger partial charge in [0.05, 0.1) is 15.7 Å². The quantitative estimate of drug-likeness (QED) is 0.506. The van der Waals surface area contributed by atoms with Gasteiger partial charge in [0.25, 0.3) is 10.1 Å². The summed E-state index contributed by atoms with van der Waals surface area (Å²) in [6.45, 7) is 2.48. The summed E-state index contributed by atoms with van der Waals surface area (Å²) >= 11 is 0. The predicted molar refractivity (Wildman–Crippen MR) is 66.1 cm³/mol. The number of hydrogen-bond donors (Lipinski definition) is 3. The second-order valence-corrected chi connectivity index (χ2v) is 6.50. The Balaban J connectivity index is 0.00000324. The third kappa shape index (κ3) is 3.79. The van der Waals surface area contributed by atoms with E-state index in [1.54, 1.807) is 0 Å². The molecule has 0 saturated carbocycles. The van der Waals surface area contributed by atoms with E-state index in [9.17, 15) is 18.0 Å². The van der Waals surface area contributed by atoms with Gasteiger partial charge in [0.15, 0.2) is 0 Å². The standard InChI is InChI=1S/C10H14O7S.Na/c1-9(7(11)12)3-6(18(15,16)17)4-10(2,5-9)8(13)14;/h3H,4-5H2,1-2H3,(H,11,12)(H,13,14)(H,15,16,17);. The summed E-state index contributed by atoms with van der Waals surface area (Å²) in [5.41, 5.74) is -3.19. The van der Waals surface area contributed by atoms with Gasteiger partial charge in [0, 0.05) is 36.0 Å². The molecule has 0 aromatic heterocycles. The van der Waals surface area contributed by atoms with Crippen LogP contribution in [0, 0.1) is 10.8 Å². The first kappa shape index (κ1) is 18.6. The van der Waals surface area contributed by atoms with Crippen molar-refractivity contribution in [2.45, 2.75) is 26.7 Å². The molecule has 9 heteroatoms. The monoisotopic (exact) mass is 301 g/mol. The van der Waals surface area contributed by atoms with Gasteiger partial charge in [-0.25, -0.2) is 0 Å². The summed E-state index contributed by atoms with van der Waals surface area (Å²) in [5.74, 6) is -2.64. The largest absolute Gasteiger partial charge is 0.481 e. The number of carboxylic acid groups (broad SMARTS) is 2. The third-order valence-corrected chi connectivity index (χ3v) is 4.06. The van der Waals surface area contributed by atoms with Crippen LogP contribution in [0.4, 0.5) is 0 Å². The summed E-state index contributed by atoms with van der Waals surface area (Å²) in [6, 6.07) is 0. The van der Waals surface area contributed by atoms with Gasteiger partial charge in [-0.3, -0.25) is 14.1 Å². The van der Waals surface area contributed by atoms with Gasteiger partial charge < -0.3 is 10.2 Å². The Morgan fingerprint density at radius 1 is 1.21 bits per heavy atom. The molecule has 0 saturated heterocycles. The van der Waals surface area contributed by atoms with Crippen LogP contribution in [0.15, 0.2) is 11.0 Å². The van der Waals surface area contributed by atoms with E-state index in [4.69, 9.17) is 14.8 Å². The van der Waals surface area contributed by atoms with Crippen LogP contribution < -0.4 is 0 Å². The second-order valence-electron chi connectivity index (χ2n) is 5.03. The summed E-state index contributed by atoms with van der Waals surface area (Å²) in [5, 5.41) is 18.2. The first-order valence-corrected chi connectivity index (χ1v) is 6.51. The Morgan fingerprint density at radius 3 is 2.00 bits per heavy atom. The van der Waals surface area contributed by atoms with Gasteiger partial charge in [-0.15, -0.1) is 0 Å². The van der Waals surface area contributed by atoms with E-state index < -0.39 is 44.2 Å². The average molecular weight is 301 g/mol. The van der Waals surface area contributed by atoms with Crippen LogP contribution in [0.25, 0.3) is 0 Å². The Labute approximate surface area is 132 Å². The van der Waals surface area contributed by atoms with Gasteiger partial charge in [-0.2, -0.15) is 8.42 Å². The molecular weight excluding hydrogens is 287 g/mol. The molecule has 2 unspecified atom stereocenters. The van der Waals surface area contributed by atoms with Crippen molar-refractivity contribution in [2.24, 2.45) is 10.8 Å². The zero-order valence-electron chi connectivity index (χ0n) is 10.9. The van der Waals surface area contributed by atoms with Crippen molar-refractivity contribution in [1.29, 1.82) is 0 Å². The average Bonchev–Trinajstić information content (AvgIpc) is 2.14. The summed E-state index contributed by atoms with van der Waals surface area (Å²) in [7, 11) is -4.60. The van der Waals surface area contributed by atoms with E-state index in [1.807, 2.05) is 0 Å². The van der Waals surface area contributed by atoms with Gasteiger partial charge in [0.2, 0.25) is 0 Å². The molecule has 0 bridgehead atoms. The van der Waals surface area contributed by atoms with Crippen LogP contribution in [-0.2, 0) is 19.7 Å². The van der Waals surface area contributed by atoms with Gasteiger partial charge in [0.1, 0.15) is 0 Å². The van der Waals surface area contributed by atoms with Crippen LogP contribution in [-0.4, -0.2) is 64.7 Å². The molecule has 0 fully saturated rings. The summed E-state index contributed by atoms with van der Waals surface area (Å²) < 4.78 is 31.2. The third-order valence-electron chi connectivity index (χ3n) is 3.14. The maximum atomic E-state index is 11.2. The molecule has 0 spiro atoms. The number of carbonyl (C=O) groups is 2. The van der Waals surface area contributed by atoms with Crippen molar-refractivity contribution in [3.63, 3.8) is 0 Å². The fraction of sp³-hybridized carbons (Fsp3) is 0.600. The molecule has 103 valence electrons. The fourth-order valence-corrected chi connectivity index (χ4v) is 3.08. The van der Waals surface area contributed by atoms with Gasteiger partial charge in [-0.1, -0.05) is 6.08 Å². The van der Waals surface area contributed by atoms with Crippen molar-refractivity contribution >= 4 is 51.6 Å². The van der Waals surface area contributed by atoms with Crippen molar-refractivity contribution in [3.8, 4) is 0 Å². The first-order chi connectivity index (χ1) is 7.91. The zero-order chi connectivity index (χ0) is 14.4. The molecule has 0 heterocycles. The normalized spacial score (nSPS) is 31.0. The minimum absolute atomic E-state index is 0. The summed E-state index contributed by atoms with van der Waals surface area (Å²) in [6.07, 6.45) is 0.239. The molecule has 3 N–H and O–H groups in total. The van der Waals surface area contributed by atoms with Crippen molar-refractivity contribution in [1.82, 2.24) is 0 Å². The topological polar surface area (TPSA) is 129 Å². The molecular formula is C10H14NaO7S. The van der Waals surface area contributed by atoms with E-state index in [2.05, 4.69) is 0 Å². The van der Waals surface area contributed by atoms with Crippen molar-refractivity contribution in [3.05, 3.63) is 11.0 Å². The molecule has 1 radical (unpaired) electrons. The number of allylic oxidation sites excluding steroid dienone is 1. The van der Waals surface area contributed by atoms with E-state index >= 15 is 0 Å². The zero-order valence-corrected chi connectivity index (χ0v) is 13.7. The number of rotatable bonds is 3. The van der Waals surface area contributed by atoms with Gasteiger partial charge in [-0.05, 0) is 20.3 Å². The van der Waals surface area contributed by atoms with Crippen LogP contribution in [0.1, 0.15) is 26.7 Å². The second kappa shape index (κ2) is 5.53. The number of hydrogen-bond acceptors (Lipinski definition) is 4. The molecule has 0 aliphatic heterocycles. The molecule has 1 aliphatic carbocycles. The molecule has 0 aromatic carbocycles. The van der Waals surface area contributed by atoms with Crippen LogP contribution >= 0.6 is 0 Å². The first-order valence-electron chi connectivity index (χ1n) is 5.07. The minimum Gasteiger partial charge on any atom is -0.481 e. The number of aliphatic carboxylic acids is 2. The van der Waals surface area contributed by atoms with E-state index in [0.717, 1.165) is 6.08 Å². The SMILES string of the molecule is CC1(C(=O)O)C=C(S(=O)(=O)O)CC(C)(C(=O)O)C1.[Na]. The Kier molecular flexibility index (Phi) is 5.41. The van der Waals surface area contributed by atoms with E-state index in [1.165, 1.54) is 13.8 Å². The van der Waals surface area contributed by atoms with Crippen LogP contribution in [0.3, 0.4) is 0 Å². The Hall–Kier alpha value is -0.410. The Bertz CT molecular complexity index is 538. The van der Waals surface area contributed by atoms with Crippen LogP contribution in [0.2, 0.25) is 0 Å². The fourth-order valence-electron chi connectivity index (χ4n) is 2.17. The maximum absolute atomic E-state index is 11.2. The van der Waals surface area contributed by atoms with Crippen LogP contribution in [0.5, 0.6) is 0 Å².